The molecule has 1 aromatic carbocycles. The minimum atomic E-state index is -0.822. The maximum absolute atomic E-state index is 12.1. The van der Waals surface area contributed by atoms with E-state index in [2.05, 4.69) is 20.4 Å². The number of benzene rings is 1. The normalized spacial score (nSPS) is 10.6. The molecule has 0 aliphatic carbocycles. The zero-order valence-corrected chi connectivity index (χ0v) is 15.7. The summed E-state index contributed by atoms with van der Waals surface area (Å²) in [7, 11) is 1.25. The number of hydrogen-bond acceptors (Lipinski definition) is 5. The molecule has 0 aliphatic rings. The number of anilines is 1. The molecule has 2 aromatic heterocycles. The average Bonchev–Trinajstić information content (AvgIpc) is 3.29. The lowest BCUT2D eigenvalue weighted by molar-refractivity contribution is -0.136. The summed E-state index contributed by atoms with van der Waals surface area (Å²) >= 11 is 1.15. The molecule has 3 aromatic rings. The van der Waals surface area contributed by atoms with Gasteiger partial charge < -0.3 is 20.4 Å². The highest BCUT2D eigenvalue weighted by atomic mass is 32.1. The highest BCUT2D eigenvalue weighted by Gasteiger charge is 2.19. The molecule has 2 amide bonds. The number of H-pyrrole nitrogens is 1. The van der Waals surface area contributed by atoms with E-state index >= 15 is 0 Å². The second-order valence-electron chi connectivity index (χ2n) is 5.93. The first-order valence-electron chi connectivity index (χ1n) is 8.32. The Balaban J connectivity index is 1.57. The highest BCUT2D eigenvalue weighted by Crippen LogP contribution is 2.24. The van der Waals surface area contributed by atoms with Gasteiger partial charge in [-0.05, 0) is 42.0 Å². The number of esters is 1. The van der Waals surface area contributed by atoms with Crippen LogP contribution in [0.1, 0.15) is 21.5 Å². The van der Waals surface area contributed by atoms with Gasteiger partial charge in [0.05, 0.1) is 12.7 Å². The van der Waals surface area contributed by atoms with Crippen molar-refractivity contribution >= 4 is 45.0 Å². The average molecular weight is 385 g/mol. The Hall–Kier alpha value is -3.13. The number of aromatic amines is 1. The van der Waals surface area contributed by atoms with Crippen molar-refractivity contribution in [1.82, 2.24) is 10.3 Å². The first-order chi connectivity index (χ1) is 13.0. The van der Waals surface area contributed by atoms with E-state index in [0.717, 1.165) is 33.4 Å². The van der Waals surface area contributed by atoms with Crippen molar-refractivity contribution in [2.45, 2.75) is 13.3 Å². The van der Waals surface area contributed by atoms with E-state index in [9.17, 15) is 14.4 Å². The number of rotatable bonds is 5. The summed E-state index contributed by atoms with van der Waals surface area (Å²) in [6, 6.07) is 7.55. The van der Waals surface area contributed by atoms with E-state index < -0.39 is 17.8 Å². The van der Waals surface area contributed by atoms with Gasteiger partial charge in [-0.2, -0.15) is 0 Å². The lowest BCUT2D eigenvalue weighted by Crippen LogP contribution is -2.36. The minimum absolute atomic E-state index is 0.220. The molecule has 0 bridgehead atoms. The smallest absolute Gasteiger partial charge is 0.340 e. The number of amides is 2. The Morgan fingerprint density at radius 3 is 2.78 bits per heavy atom. The molecular formula is C19H19N3O4S. The zero-order chi connectivity index (χ0) is 19.4. The number of carbonyl (C=O) groups excluding carboxylic acids is 3. The van der Waals surface area contributed by atoms with Gasteiger partial charge in [-0.3, -0.25) is 9.59 Å². The van der Waals surface area contributed by atoms with Gasteiger partial charge in [0.15, 0.2) is 0 Å². The van der Waals surface area contributed by atoms with Gasteiger partial charge in [-0.25, -0.2) is 4.79 Å². The molecule has 0 fully saturated rings. The van der Waals surface area contributed by atoms with Crippen molar-refractivity contribution in [2.75, 3.05) is 19.0 Å². The van der Waals surface area contributed by atoms with Crippen molar-refractivity contribution < 1.29 is 19.1 Å². The number of ether oxygens (including phenoxy) is 1. The van der Waals surface area contributed by atoms with Crippen LogP contribution < -0.4 is 10.6 Å². The third-order valence-electron chi connectivity index (χ3n) is 4.18. The predicted octanol–water partition coefficient (Wildman–Crippen LogP) is 2.62. The maximum Gasteiger partial charge on any atom is 0.340 e. The van der Waals surface area contributed by atoms with Crippen LogP contribution in [0.25, 0.3) is 10.9 Å². The third-order valence-corrected chi connectivity index (χ3v) is 5.01. The van der Waals surface area contributed by atoms with E-state index in [1.165, 1.54) is 13.2 Å². The summed E-state index contributed by atoms with van der Waals surface area (Å²) < 4.78 is 4.64. The van der Waals surface area contributed by atoms with Crippen molar-refractivity contribution in [1.29, 1.82) is 0 Å². The number of hydrogen-bond donors (Lipinski definition) is 3. The number of fused-ring (bicyclic) bond motifs is 1. The number of aromatic nitrogens is 1. The molecule has 0 aliphatic heterocycles. The quantitative estimate of drug-likeness (QED) is 0.464. The van der Waals surface area contributed by atoms with Crippen LogP contribution >= 0.6 is 11.3 Å². The zero-order valence-electron chi connectivity index (χ0n) is 14.9. The van der Waals surface area contributed by atoms with Crippen LogP contribution in [0.5, 0.6) is 0 Å². The Morgan fingerprint density at radius 2 is 2.00 bits per heavy atom. The second kappa shape index (κ2) is 8.05. The first-order valence-corrected chi connectivity index (χ1v) is 9.19. The molecule has 0 saturated carbocycles. The van der Waals surface area contributed by atoms with Gasteiger partial charge in [0, 0.05) is 23.6 Å². The number of nitrogens with one attached hydrogen (secondary N) is 3. The van der Waals surface area contributed by atoms with Crippen LogP contribution in [0, 0.1) is 6.92 Å². The number of carbonyl (C=O) groups is 3. The Labute approximate surface area is 159 Å². The molecular weight excluding hydrogens is 366 g/mol. The fourth-order valence-corrected chi connectivity index (χ4v) is 3.65. The summed E-state index contributed by atoms with van der Waals surface area (Å²) in [6.07, 6.45) is 2.51. The van der Waals surface area contributed by atoms with Crippen LogP contribution in [0.4, 0.5) is 5.00 Å². The van der Waals surface area contributed by atoms with Crippen LogP contribution in [0.2, 0.25) is 0 Å². The van der Waals surface area contributed by atoms with Gasteiger partial charge in [-0.15, -0.1) is 11.3 Å². The van der Waals surface area contributed by atoms with Gasteiger partial charge in [0.1, 0.15) is 5.00 Å². The van der Waals surface area contributed by atoms with E-state index in [-0.39, 0.29) is 10.6 Å². The first kappa shape index (κ1) is 18.7. The standard InChI is InChI=1S/C19H19N3O4S/c1-11-4-3-5-14-15(11)12(10-21-14)6-8-20-16(23)17(24)22-18-13(7-9-27-18)19(25)26-2/h3-5,7,9-10,21H,6,8H2,1-2H3,(H,20,23)(H,22,24). The van der Waals surface area contributed by atoms with Gasteiger partial charge >= 0.3 is 17.8 Å². The van der Waals surface area contributed by atoms with Crippen molar-refractivity contribution in [2.24, 2.45) is 0 Å². The molecule has 140 valence electrons. The highest BCUT2D eigenvalue weighted by molar-refractivity contribution is 7.14. The lowest BCUT2D eigenvalue weighted by Gasteiger charge is -2.07. The molecule has 8 heteroatoms. The monoisotopic (exact) mass is 385 g/mol. The number of methoxy groups -OCH3 is 1. The van der Waals surface area contributed by atoms with Crippen molar-refractivity contribution in [3.63, 3.8) is 0 Å². The molecule has 3 rings (SSSR count). The molecule has 27 heavy (non-hydrogen) atoms. The fourth-order valence-electron chi connectivity index (χ4n) is 2.88. The Morgan fingerprint density at radius 1 is 1.19 bits per heavy atom. The molecule has 3 N–H and O–H groups in total. The lowest BCUT2D eigenvalue weighted by atomic mass is 10.1. The van der Waals surface area contributed by atoms with Crippen LogP contribution in [0.15, 0.2) is 35.8 Å². The summed E-state index contributed by atoms with van der Waals surface area (Å²) in [5, 5.41) is 8.11. The van der Waals surface area contributed by atoms with Gasteiger partial charge in [0.25, 0.3) is 0 Å². The molecule has 7 nitrogen and oxygen atoms in total. The summed E-state index contributed by atoms with van der Waals surface area (Å²) in [5.74, 6) is -2.14. The van der Waals surface area contributed by atoms with Crippen LogP contribution in [-0.2, 0) is 20.7 Å². The third kappa shape index (κ3) is 4.01. The minimum Gasteiger partial charge on any atom is -0.465 e. The van der Waals surface area contributed by atoms with E-state index in [4.69, 9.17) is 0 Å². The summed E-state index contributed by atoms with van der Waals surface area (Å²) in [4.78, 5) is 38.9. The Bertz CT molecular complexity index is 1010. The maximum atomic E-state index is 12.1. The van der Waals surface area contributed by atoms with Gasteiger partial charge in [0.2, 0.25) is 0 Å². The molecule has 0 spiro atoms. The second-order valence-corrected chi connectivity index (χ2v) is 6.84. The molecule has 0 radical (unpaired) electrons. The summed E-state index contributed by atoms with van der Waals surface area (Å²) in [5.41, 5.74) is 3.50. The van der Waals surface area contributed by atoms with E-state index in [1.807, 2.05) is 31.3 Å². The molecule has 0 atom stereocenters. The van der Waals surface area contributed by atoms with E-state index in [1.54, 1.807) is 5.38 Å². The SMILES string of the molecule is COC(=O)c1ccsc1NC(=O)C(=O)NCCc1c[nH]c2cccc(C)c12. The van der Waals surface area contributed by atoms with Crippen LogP contribution in [0.3, 0.4) is 0 Å². The molecule has 0 unspecified atom stereocenters. The predicted molar refractivity (Wildman–Crippen MR) is 104 cm³/mol. The fraction of sp³-hybridized carbons (Fsp3) is 0.211. The number of aryl methyl sites for hydroxylation is 1. The summed E-state index contributed by atoms with van der Waals surface area (Å²) in [6.45, 7) is 2.35. The van der Waals surface area contributed by atoms with Crippen LogP contribution in [-0.4, -0.2) is 36.4 Å². The van der Waals surface area contributed by atoms with Crippen molar-refractivity contribution in [3.05, 3.63) is 52.5 Å². The molecule has 0 saturated heterocycles. The Kier molecular flexibility index (Phi) is 5.56. The molecule has 2 heterocycles. The van der Waals surface area contributed by atoms with Crippen molar-refractivity contribution in [3.8, 4) is 0 Å². The van der Waals surface area contributed by atoms with E-state index in [0.29, 0.717) is 13.0 Å². The number of thiophene rings is 1. The topological polar surface area (TPSA) is 100 Å². The van der Waals surface area contributed by atoms with Gasteiger partial charge in [-0.1, -0.05) is 12.1 Å². The largest absolute Gasteiger partial charge is 0.465 e.